The van der Waals surface area contributed by atoms with Crippen molar-refractivity contribution >= 4 is 5.96 Å². The fourth-order valence-corrected chi connectivity index (χ4v) is 3.67. The number of nitrogens with zero attached hydrogens (tertiary/aromatic N) is 3. The number of benzene rings is 1. The monoisotopic (exact) mass is 427 g/mol. The molecule has 1 aromatic heterocycles. The van der Waals surface area contributed by atoms with Gasteiger partial charge in [0.1, 0.15) is 6.26 Å². The van der Waals surface area contributed by atoms with Crippen molar-refractivity contribution in [1.29, 1.82) is 0 Å². The van der Waals surface area contributed by atoms with E-state index in [1.165, 1.54) is 5.56 Å². The van der Waals surface area contributed by atoms with Crippen LogP contribution >= 0.6 is 0 Å². The van der Waals surface area contributed by atoms with Gasteiger partial charge in [-0.3, -0.25) is 9.89 Å². The van der Waals surface area contributed by atoms with E-state index < -0.39 is 0 Å². The summed E-state index contributed by atoms with van der Waals surface area (Å²) in [6.45, 7) is 14.7. The predicted molar refractivity (Wildman–Crippen MR) is 125 cm³/mol. The summed E-state index contributed by atoms with van der Waals surface area (Å²) in [6, 6.07) is 8.21. The number of nitrogens with one attached hydrogen (secondary N) is 2. The second-order valence-corrected chi connectivity index (χ2v) is 8.55. The minimum atomic E-state index is 0.149. The number of ether oxygens (including phenoxy) is 1. The molecule has 0 spiro atoms. The lowest BCUT2D eigenvalue weighted by atomic mass is 10.1. The molecular weight excluding hydrogens is 390 g/mol. The van der Waals surface area contributed by atoms with E-state index in [0.717, 1.165) is 63.0 Å². The Hall–Kier alpha value is -2.38. The maximum Gasteiger partial charge on any atom is 0.226 e. The Balaban J connectivity index is 1.47. The fraction of sp³-hybridized carbons (Fsp3) is 0.583. The quantitative estimate of drug-likeness (QED) is 0.473. The summed E-state index contributed by atoms with van der Waals surface area (Å²) in [5, 5.41) is 6.71. The molecule has 2 heterocycles. The van der Waals surface area contributed by atoms with Gasteiger partial charge in [-0.15, -0.1) is 0 Å². The summed E-state index contributed by atoms with van der Waals surface area (Å²) in [7, 11) is 0. The summed E-state index contributed by atoms with van der Waals surface area (Å²) in [6.07, 6.45) is 2.65. The van der Waals surface area contributed by atoms with E-state index in [4.69, 9.17) is 14.1 Å². The molecule has 3 rings (SSSR count). The van der Waals surface area contributed by atoms with Gasteiger partial charge >= 0.3 is 0 Å². The van der Waals surface area contributed by atoms with Crippen LogP contribution in [0.3, 0.4) is 0 Å². The van der Waals surface area contributed by atoms with Crippen molar-refractivity contribution in [2.24, 2.45) is 10.9 Å². The number of guanidine groups is 1. The van der Waals surface area contributed by atoms with Crippen molar-refractivity contribution in [3.8, 4) is 11.5 Å². The van der Waals surface area contributed by atoms with Gasteiger partial charge in [0.25, 0.3) is 0 Å². The molecule has 0 amide bonds. The highest BCUT2D eigenvalue weighted by atomic mass is 16.5. The number of hydrogen-bond donors (Lipinski definition) is 2. The zero-order valence-corrected chi connectivity index (χ0v) is 19.4. The first-order valence-electron chi connectivity index (χ1n) is 11.4. The smallest absolute Gasteiger partial charge is 0.226 e. The Bertz CT molecular complexity index is 816. The molecule has 7 heteroatoms. The molecule has 31 heavy (non-hydrogen) atoms. The molecule has 1 saturated heterocycles. The zero-order chi connectivity index (χ0) is 22.1. The first-order chi connectivity index (χ1) is 15.0. The molecule has 2 N–H and O–H groups in total. The Morgan fingerprint density at radius 2 is 2.06 bits per heavy atom. The third-order valence-corrected chi connectivity index (χ3v) is 5.17. The van der Waals surface area contributed by atoms with E-state index in [1.54, 1.807) is 6.26 Å². The molecule has 1 aliphatic rings. The van der Waals surface area contributed by atoms with Gasteiger partial charge in [-0.1, -0.05) is 31.5 Å². The van der Waals surface area contributed by atoms with Crippen LogP contribution in [-0.4, -0.2) is 67.8 Å². The van der Waals surface area contributed by atoms with Crippen LogP contribution in [-0.2, 0) is 11.2 Å². The third kappa shape index (κ3) is 7.67. The summed E-state index contributed by atoms with van der Waals surface area (Å²) < 4.78 is 11.6. The summed E-state index contributed by atoms with van der Waals surface area (Å²) in [5.41, 5.74) is 3.15. The van der Waals surface area contributed by atoms with Crippen molar-refractivity contribution in [2.75, 3.05) is 45.9 Å². The van der Waals surface area contributed by atoms with E-state index in [-0.39, 0.29) is 6.10 Å². The summed E-state index contributed by atoms with van der Waals surface area (Å²) >= 11 is 0. The Labute approximate surface area is 186 Å². The minimum Gasteiger partial charge on any atom is -0.444 e. The van der Waals surface area contributed by atoms with Gasteiger partial charge in [0, 0.05) is 44.7 Å². The van der Waals surface area contributed by atoms with Crippen LogP contribution in [0.25, 0.3) is 11.5 Å². The van der Waals surface area contributed by atoms with Crippen LogP contribution in [0.5, 0.6) is 0 Å². The number of aliphatic imine (C=N–C) groups is 1. The average Bonchev–Trinajstić information content (AvgIpc) is 3.21. The second-order valence-electron chi connectivity index (χ2n) is 8.55. The lowest BCUT2D eigenvalue weighted by molar-refractivity contribution is -0.0261. The Morgan fingerprint density at radius 1 is 1.26 bits per heavy atom. The molecule has 7 nitrogen and oxygen atoms in total. The van der Waals surface area contributed by atoms with E-state index in [1.807, 2.05) is 12.1 Å². The van der Waals surface area contributed by atoms with Crippen molar-refractivity contribution in [2.45, 2.75) is 40.2 Å². The van der Waals surface area contributed by atoms with Crippen LogP contribution in [0.15, 0.2) is 39.9 Å². The van der Waals surface area contributed by atoms with Crippen LogP contribution in [0, 0.1) is 12.8 Å². The molecular formula is C24H37N5O2. The normalized spacial score (nSPS) is 17.8. The average molecular weight is 428 g/mol. The number of hydrogen-bond acceptors (Lipinski definition) is 5. The Kier molecular flexibility index (Phi) is 8.91. The summed E-state index contributed by atoms with van der Waals surface area (Å²) in [5.74, 6) is 2.15. The maximum atomic E-state index is 5.92. The van der Waals surface area contributed by atoms with Crippen molar-refractivity contribution < 1.29 is 9.15 Å². The lowest BCUT2D eigenvalue weighted by Crippen LogP contribution is -2.46. The molecule has 1 aromatic carbocycles. The van der Waals surface area contributed by atoms with E-state index >= 15 is 0 Å². The molecule has 1 atom stereocenters. The van der Waals surface area contributed by atoms with Crippen molar-refractivity contribution in [3.63, 3.8) is 0 Å². The number of aryl methyl sites for hydroxylation is 1. The molecule has 0 aliphatic carbocycles. The zero-order valence-electron chi connectivity index (χ0n) is 19.4. The SMILES string of the molecule is CCNC(=NCC1CN(CC(C)C)CCO1)NCCc1coc(-c2ccc(C)cc2)n1. The second kappa shape index (κ2) is 11.9. The maximum absolute atomic E-state index is 5.92. The van der Waals surface area contributed by atoms with E-state index in [0.29, 0.717) is 18.4 Å². The molecule has 170 valence electrons. The highest BCUT2D eigenvalue weighted by Gasteiger charge is 2.20. The predicted octanol–water partition coefficient (Wildman–Crippen LogP) is 3.10. The molecule has 0 bridgehead atoms. The van der Waals surface area contributed by atoms with Gasteiger partial charge in [-0.05, 0) is 31.9 Å². The molecule has 1 fully saturated rings. The topological polar surface area (TPSA) is 74.9 Å². The lowest BCUT2D eigenvalue weighted by Gasteiger charge is -2.33. The van der Waals surface area contributed by atoms with Gasteiger partial charge in [-0.2, -0.15) is 0 Å². The van der Waals surface area contributed by atoms with Gasteiger partial charge in [0.05, 0.1) is 24.9 Å². The van der Waals surface area contributed by atoms with Crippen LogP contribution in [0.2, 0.25) is 0 Å². The van der Waals surface area contributed by atoms with Crippen molar-refractivity contribution in [1.82, 2.24) is 20.5 Å². The van der Waals surface area contributed by atoms with Gasteiger partial charge < -0.3 is 19.8 Å². The van der Waals surface area contributed by atoms with E-state index in [9.17, 15) is 0 Å². The third-order valence-electron chi connectivity index (χ3n) is 5.17. The number of rotatable bonds is 9. The standard InChI is InChI=1S/C24H37N5O2/c1-5-25-24(27-14-22-16-29(12-13-30-22)15-18(2)3)26-11-10-21-17-31-23(28-21)20-8-6-19(4)7-9-20/h6-9,17-18,22H,5,10-16H2,1-4H3,(H2,25,26,27). The van der Waals surface area contributed by atoms with Crippen LogP contribution < -0.4 is 10.6 Å². The van der Waals surface area contributed by atoms with E-state index in [2.05, 4.69) is 60.3 Å². The van der Waals surface area contributed by atoms with Gasteiger partial charge in [0.15, 0.2) is 5.96 Å². The minimum absolute atomic E-state index is 0.149. The number of aromatic nitrogens is 1. The fourth-order valence-electron chi connectivity index (χ4n) is 3.67. The van der Waals surface area contributed by atoms with Gasteiger partial charge in [0.2, 0.25) is 5.89 Å². The number of oxazole rings is 1. The first-order valence-corrected chi connectivity index (χ1v) is 11.4. The molecule has 1 aliphatic heterocycles. The highest BCUT2D eigenvalue weighted by molar-refractivity contribution is 5.79. The Morgan fingerprint density at radius 3 is 2.81 bits per heavy atom. The molecule has 0 radical (unpaired) electrons. The van der Waals surface area contributed by atoms with Crippen LogP contribution in [0.4, 0.5) is 0 Å². The first kappa shape index (κ1) is 23.3. The number of morpholine rings is 1. The largest absolute Gasteiger partial charge is 0.444 e. The van der Waals surface area contributed by atoms with Gasteiger partial charge in [-0.25, -0.2) is 4.98 Å². The highest BCUT2D eigenvalue weighted by Crippen LogP contribution is 2.19. The van der Waals surface area contributed by atoms with Crippen molar-refractivity contribution in [3.05, 3.63) is 41.8 Å². The molecule has 1 unspecified atom stereocenters. The molecule has 2 aromatic rings. The molecule has 0 saturated carbocycles. The summed E-state index contributed by atoms with van der Waals surface area (Å²) in [4.78, 5) is 11.8. The van der Waals surface area contributed by atoms with Crippen LogP contribution in [0.1, 0.15) is 32.0 Å².